The maximum absolute atomic E-state index is 12.1. The van der Waals surface area contributed by atoms with E-state index in [2.05, 4.69) is 15.5 Å². The summed E-state index contributed by atoms with van der Waals surface area (Å²) in [6.45, 7) is 0.222. The molecule has 1 N–H and O–H groups in total. The largest absolute Gasteiger partial charge is 0.454 e. The van der Waals surface area contributed by atoms with Gasteiger partial charge in [0.2, 0.25) is 12.7 Å². The van der Waals surface area contributed by atoms with E-state index in [4.69, 9.17) is 25.5 Å². The van der Waals surface area contributed by atoms with Crippen molar-refractivity contribution in [3.63, 3.8) is 0 Å². The summed E-state index contributed by atoms with van der Waals surface area (Å²) in [4.78, 5) is 12.1. The van der Waals surface area contributed by atoms with Crippen molar-refractivity contribution in [3.8, 4) is 11.5 Å². The van der Waals surface area contributed by atoms with Crippen molar-refractivity contribution in [1.29, 1.82) is 0 Å². The molecule has 0 atom stereocenters. The Balaban J connectivity index is 1.43. The lowest BCUT2D eigenvalue weighted by molar-refractivity contribution is 0.102. The Bertz CT molecular complexity index is 924. The third kappa shape index (κ3) is 3.41. The second-order valence-electron chi connectivity index (χ2n) is 5.33. The second-order valence-corrected chi connectivity index (χ2v) is 5.76. The molecule has 0 spiro atoms. The van der Waals surface area contributed by atoms with Crippen LogP contribution in [0.4, 0.5) is 6.01 Å². The quantitative estimate of drug-likeness (QED) is 0.771. The number of amides is 1. The van der Waals surface area contributed by atoms with E-state index >= 15 is 0 Å². The lowest BCUT2D eigenvalue weighted by atomic mass is 10.1. The second kappa shape index (κ2) is 6.45. The number of hydrogen-bond acceptors (Lipinski definition) is 6. The average molecular weight is 358 g/mol. The molecule has 3 aromatic rings. The Morgan fingerprint density at radius 3 is 2.72 bits per heavy atom. The maximum atomic E-state index is 12.1. The molecule has 8 heteroatoms. The minimum absolute atomic E-state index is 0.0377. The first-order chi connectivity index (χ1) is 12.2. The van der Waals surface area contributed by atoms with Crippen LogP contribution < -0.4 is 14.8 Å². The van der Waals surface area contributed by atoms with Crippen LogP contribution in [0.1, 0.15) is 21.8 Å². The number of aromatic nitrogens is 2. The number of halogens is 1. The molecule has 25 heavy (non-hydrogen) atoms. The van der Waals surface area contributed by atoms with E-state index in [9.17, 15) is 4.79 Å². The molecule has 7 nitrogen and oxygen atoms in total. The molecule has 0 saturated carbocycles. The highest BCUT2D eigenvalue weighted by molar-refractivity contribution is 6.30. The molecule has 1 aliphatic rings. The maximum Gasteiger partial charge on any atom is 0.322 e. The van der Waals surface area contributed by atoms with Gasteiger partial charge in [-0.2, -0.15) is 0 Å². The Morgan fingerprint density at radius 1 is 1.08 bits per heavy atom. The van der Waals surface area contributed by atoms with Crippen molar-refractivity contribution in [2.45, 2.75) is 6.42 Å². The molecule has 126 valence electrons. The fourth-order valence-electron chi connectivity index (χ4n) is 2.37. The fraction of sp³-hybridized carbons (Fsp3) is 0.118. The number of carbonyl (C=O) groups excluding carboxylic acids is 1. The predicted molar refractivity (Wildman–Crippen MR) is 89.1 cm³/mol. The van der Waals surface area contributed by atoms with Gasteiger partial charge >= 0.3 is 6.01 Å². The van der Waals surface area contributed by atoms with E-state index in [1.54, 1.807) is 24.3 Å². The van der Waals surface area contributed by atoms with Crippen LogP contribution in [0.25, 0.3) is 0 Å². The Morgan fingerprint density at radius 2 is 1.88 bits per heavy atom. The summed E-state index contributed by atoms with van der Waals surface area (Å²) in [5.74, 6) is 1.43. The van der Waals surface area contributed by atoms with Crippen LogP contribution in [0.3, 0.4) is 0 Å². The molecule has 0 fully saturated rings. The van der Waals surface area contributed by atoms with Crippen LogP contribution in [0, 0.1) is 0 Å². The van der Waals surface area contributed by atoms with Gasteiger partial charge in [0, 0.05) is 10.6 Å². The minimum Gasteiger partial charge on any atom is -0.454 e. The molecule has 0 bridgehead atoms. The van der Waals surface area contributed by atoms with E-state index in [0.717, 1.165) is 5.56 Å². The third-order valence-corrected chi connectivity index (χ3v) is 3.84. The fourth-order valence-corrected chi connectivity index (χ4v) is 2.50. The van der Waals surface area contributed by atoms with Gasteiger partial charge in [0.25, 0.3) is 5.91 Å². The summed E-state index contributed by atoms with van der Waals surface area (Å²) >= 11 is 5.80. The zero-order chi connectivity index (χ0) is 17.2. The minimum atomic E-state index is -0.352. The summed E-state index contributed by atoms with van der Waals surface area (Å²) in [5.41, 5.74) is 1.38. The summed E-state index contributed by atoms with van der Waals surface area (Å²) in [6, 6.07) is 12.1. The van der Waals surface area contributed by atoms with Crippen LogP contribution in [-0.4, -0.2) is 22.9 Å². The molecule has 1 aliphatic heterocycles. The number of hydrogen-bond donors (Lipinski definition) is 1. The van der Waals surface area contributed by atoms with Gasteiger partial charge in [-0.1, -0.05) is 22.8 Å². The number of nitrogens with one attached hydrogen (secondary N) is 1. The van der Waals surface area contributed by atoms with Crippen LogP contribution >= 0.6 is 11.6 Å². The lowest BCUT2D eigenvalue weighted by Gasteiger charge is -2.01. The molecule has 1 amide bonds. The van der Waals surface area contributed by atoms with Gasteiger partial charge in [-0.25, -0.2) is 0 Å². The summed E-state index contributed by atoms with van der Waals surface area (Å²) in [7, 11) is 0. The van der Waals surface area contributed by atoms with E-state index < -0.39 is 0 Å². The molecular formula is C17H12ClN3O4. The van der Waals surface area contributed by atoms with Crippen molar-refractivity contribution >= 4 is 23.5 Å². The normalized spacial score (nSPS) is 12.2. The first-order valence-corrected chi connectivity index (χ1v) is 7.83. The predicted octanol–water partition coefficient (Wildman–Crippen LogP) is 3.29. The highest BCUT2D eigenvalue weighted by Gasteiger charge is 2.15. The van der Waals surface area contributed by atoms with Crippen LogP contribution in [0.2, 0.25) is 5.02 Å². The van der Waals surface area contributed by atoms with Crippen LogP contribution in [-0.2, 0) is 6.42 Å². The van der Waals surface area contributed by atoms with E-state index in [-0.39, 0.29) is 18.7 Å². The first kappa shape index (κ1) is 15.5. The van der Waals surface area contributed by atoms with Gasteiger partial charge in [0.05, 0.1) is 6.42 Å². The first-order valence-electron chi connectivity index (χ1n) is 7.45. The SMILES string of the molecule is O=C(Nc1nnc(Cc2ccc3c(c2)OCO3)o1)c1ccc(Cl)cc1. The van der Waals surface area contributed by atoms with E-state index in [1.165, 1.54) is 0 Å². The number of rotatable bonds is 4. The van der Waals surface area contributed by atoms with Gasteiger partial charge in [0.15, 0.2) is 11.5 Å². The molecule has 4 rings (SSSR count). The van der Waals surface area contributed by atoms with Crippen LogP contribution in [0.15, 0.2) is 46.9 Å². The monoisotopic (exact) mass is 357 g/mol. The van der Waals surface area contributed by atoms with Gasteiger partial charge in [-0.15, -0.1) is 5.10 Å². The molecular weight excluding hydrogens is 346 g/mol. The standard InChI is InChI=1S/C17H12ClN3O4/c18-12-4-2-11(3-5-12)16(22)19-17-21-20-15(25-17)8-10-1-6-13-14(7-10)24-9-23-13/h1-7H,8-9H2,(H,19,21,22). The number of ether oxygens (including phenoxy) is 2. The topological polar surface area (TPSA) is 86.5 Å². The highest BCUT2D eigenvalue weighted by atomic mass is 35.5. The summed E-state index contributed by atoms with van der Waals surface area (Å²) < 4.78 is 16.1. The Kier molecular flexibility index (Phi) is 3.99. The Labute approximate surface area is 147 Å². The number of anilines is 1. The highest BCUT2D eigenvalue weighted by Crippen LogP contribution is 2.33. The zero-order valence-electron chi connectivity index (χ0n) is 12.9. The molecule has 0 saturated heterocycles. The molecule has 1 aromatic heterocycles. The van der Waals surface area contributed by atoms with Gasteiger partial charge < -0.3 is 13.9 Å². The molecule has 0 radical (unpaired) electrons. The Hall–Kier alpha value is -3.06. The number of benzene rings is 2. The van der Waals surface area contributed by atoms with Gasteiger partial charge in [0.1, 0.15) is 0 Å². The van der Waals surface area contributed by atoms with E-state index in [1.807, 2.05) is 18.2 Å². The van der Waals surface area contributed by atoms with Crippen molar-refractivity contribution in [1.82, 2.24) is 10.2 Å². The zero-order valence-corrected chi connectivity index (χ0v) is 13.6. The average Bonchev–Trinajstić information content (AvgIpc) is 3.24. The number of carbonyl (C=O) groups is 1. The van der Waals surface area contributed by atoms with Crippen molar-refractivity contribution in [2.24, 2.45) is 0 Å². The van der Waals surface area contributed by atoms with E-state index in [0.29, 0.717) is 34.4 Å². The van der Waals surface area contributed by atoms with Crippen molar-refractivity contribution in [3.05, 3.63) is 64.5 Å². The van der Waals surface area contributed by atoms with Crippen LogP contribution in [0.5, 0.6) is 11.5 Å². The number of nitrogens with zero attached hydrogens (tertiary/aromatic N) is 2. The smallest absolute Gasteiger partial charge is 0.322 e. The molecule has 0 unspecified atom stereocenters. The third-order valence-electron chi connectivity index (χ3n) is 3.59. The number of fused-ring (bicyclic) bond motifs is 1. The van der Waals surface area contributed by atoms with Gasteiger partial charge in [-0.3, -0.25) is 10.1 Å². The van der Waals surface area contributed by atoms with Crippen molar-refractivity contribution in [2.75, 3.05) is 12.1 Å². The molecule has 2 aromatic carbocycles. The van der Waals surface area contributed by atoms with Gasteiger partial charge in [-0.05, 0) is 42.0 Å². The summed E-state index contributed by atoms with van der Waals surface area (Å²) in [5, 5.41) is 10.9. The van der Waals surface area contributed by atoms with Crippen molar-refractivity contribution < 1.29 is 18.7 Å². The summed E-state index contributed by atoms with van der Waals surface area (Å²) in [6.07, 6.45) is 0.417. The molecule has 0 aliphatic carbocycles. The lowest BCUT2D eigenvalue weighted by Crippen LogP contribution is -2.11. The molecule has 2 heterocycles.